The van der Waals surface area contributed by atoms with Crippen molar-refractivity contribution in [1.82, 2.24) is 14.7 Å². The fourth-order valence-electron chi connectivity index (χ4n) is 3.03. The average molecular weight is 259 g/mol. The van der Waals surface area contributed by atoms with Crippen molar-refractivity contribution in [3.63, 3.8) is 0 Å². The van der Waals surface area contributed by atoms with Crippen LogP contribution in [0, 0.1) is 0 Å². The summed E-state index contributed by atoms with van der Waals surface area (Å²) in [5, 5.41) is 7.07. The van der Waals surface area contributed by atoms with Gasteiger partial charge in [-0.25, -0.2) is 4.98 Å². The van der Waals surface area contributed by atoms with Crippen LogP contribution in [-0.4, -0.2) is 14.7 Å². The number of benzene rings is 2. The van der Waals surface area contributed by atoms with Crippen LogP contribution in [0.3, 0.4) is 0 Å². The van der Waals surface area contributed by atoms with Gasteiger partial charge in [0.2, 0.25) is 6.33 Å². The SMILES string of the molecule is c1cc2ccc3ncn4[nH][n+]5ccccc5c(c1)c2c34. The van der Waals surface area contributed by atoms with E-state index in [0.29, 0.717) is 0 Å². The Balaban J connectivity index is 2.32. The largest absolute Gasteiger partial charge is 0.210 e. The van der Waals surface area contributed by atoms with Crippen LogP contribution in [0.4, 0.5) is 0 Å². The molecule has 0 saturated heterocycles. The Morgan fingerprint density at radius 1 is 1.00 bits per heavy atom. The summed E-state index contributed by atoms with van der Waals surface area (Å²) in [4.78, 5) is 4.47. The molecule has 0 aliphatic heterocycles. The van der Waals surface area contributed by atoms with Gasteiger partial charge in [0.1, 0.15) is 11.7 Å². The third-order valence-corrected chi connectivity index (χ3v) is 3.90. The van der Waals surface area contributed by atoms with E-state index < -0.39 is 0 Å². The lowest BCUT2D eigenvalue weighted by Crippen LogP contribution is -2.26. The fraction of sp³-hybridized carbons (Fsp3) is 0. The molecule has 0 unspecified atom stereocenters. The Morgan fingerprint density at radius 2 is 2.00 bits per heavy atom. The van der Waals surface area contributed by atoms with Gasteiger partial charge in [0.15, 0.2) is 11.0 Å². The van der Waals surface area contributed by atoms with Crippen molar-refractivity contribution in [1.29, 1.82) is 0 Å². The van der Waals surface area contributed by atoms with E-state index in [0.717, 1.165) is 16.6 Å². The normalized spacial score (nSPS) is 12.0. The summed E-state index contributed by atoms with van der Waals surface area (Å²) in [7, 11) is 0. The minimum atomic E-state index is 1.01. The van der Waals surface area contributed by atoms with Gasteiger partial charge >= 0.3 is 0 Å². The number of nitrogens with one attached hydrogen (secondary N) is 1. The fourth-order valence-corrected chi connectivity index (χ4v) is 3.03. The zero-order chi connectivity index (χ0) is 13.1. The minimum absolute atomic E-state index is 1.01. The molecule has 0 radical (unpaired) electrons. The van der Waals surface area contributed by atoms with Crippen LogP contribution < -0.4 is 4.52 Å². The standard InChI is InChI=1S/C16H11N4/c1-2-9-19-14(6-1)12-5-3-4-11-7-8-13-16(15(11)12)20(18-19)10-17-13/h1-10,18H/q+1. The third-order valence-electron chi connectivity index (χ3n) is 3.90. The van der Waals surface area contributed by atoms with Gasteiger partial charge in [-0.2, -0.15) is 0 Å². The van der Waals surface area contributed by atoms with Crippen molar-refractivity contribution < 1.29 is 4.52 Å². The summed E-state index contributed by atoms with van der Waals surface area (Å²) in [5.41, 5.74) is 3.28. The van der Waals surface area contributed by atoms with Crippen molar-refractivity contribution in [2.24, 2.45) is 0 Å². The predicted octanol–water partition coefficient (Wildman–Crippen LogP) is 2.71. The van der Waals surface area contributed by atoms with E-state index in [-0.39, 0.29) is 0 Å². The number of imidazole rings is 1. The van der Waals surface area contributed by atoms with Crippen molar-refractivity contribution in [3.05, 3.63) is 61.1 Å². The zero-order valence-corrected chi connectivity index (χ0v) is 10.6. The lowest BCUT2D eigenvalue weighted by Gasteiger charge is -1.98. The number of aromatic nitrogens is 4. The number of rotatable bonds is 0. The summed E-state index contributed by atoms with van der Waals surface area (Å²) >= 11 is 0. The molecule has 4 nitrogen and oxygen atoms in total. The summed E-state index contributed by atoms with van der Waals surface area (Å²) in [6.07, 6.45) is 3.85. The molecule has 20 heavy (non-hydrogen) atoms. The predicted molar refractivity (Wildman–Crippen MR) is 77.7 cm³/mol. The second-order valence-corrected chi connectivity index (χ2v) is 5.01. The molecule has 1 N–H and O–H groups in total. The lowest BCUT2D eigenvalue weighted by molar-refractivity contribution is -0.587. The van der Waals surface area contributed by atoms with Crippen LogP contribution in [0.25, 0.3) is 32.7 Å². The number of pyridine rings is 1. The summed E-state index contributed by atoms with van der Waals surface area (Å²) < 4.78 is 4.01. The molecule has 0 spiro atoms. The average Bonchev–Trinajstić information content (AvgIpc) is 2.84. The second kappa shape index (κ2) is 3.36. The highest BCUT2D eigenvalue weighted by molar-refractivity contribution is 6.16. The molecule has 0 amide bonds. The number of nitrogens with zero attached hydrogens (tertiary/aromatic N) is 3. The van der Waals surface area contributed by atoms with E-state index in [1.54, 1.807) is 0 Å². The molecule has 94 valence electrons. The molecule has 0 saturated carbocycles. The first kappa shape index (κ1) is 9.97. The molecule has 0 atom stereocenters. The number of H-pyrrole nitrogens is 1. The Labute approximate surface area is 113 Å². The smallest absolute Gasteiger partial charge is 0.209 e. The first-order chi connectivity index (χ1) is 9.92. The monoisotopic (exact) mass is 259 g/mol. The van der Waals surface area contributed by atoms with E-state index in [1.807, 2.05) is 27.6 Å². The van der Waals surface area contributed by atoms with Crippen molar-refractivity contribution >= 4 is 32.7 Å². The van der Waals surface area contributed by atoms with Crippen molar-refractivity contribution in [2.45, 2.75) is 0 Å². The molecule has 4 heteroatoms. The van der Waals surface area contributed by atoms with E-state index in [1.165, 1.54) is 16.2 Å². The van der Waals surface area contributed by atoms with Gasteiger partial charge in [0.05, 0.1) is 0 Å². The van der Waals surface area contributed by atoms with Crippen LogP contribution in [0.2, 0.25) is 0 Å². The van der Waals surface area contributed by atoms with Crippen molar-refractivity contribution in [3.8, 4) is 0 Å². The first-order valence-corrected chi connectivity index (χ1v) is 6.59. The molecule has 0 aliphatic rings. The van der Waals surface area contributed by atoms with Crippen LogP contribution in [0.15, 0.2) is 61.1 Å². The maximum absolute atomic E-state index is 4.47. The van der Waals surface area contributed by atoms with Gasteiger partial charge in [-0.3, -0.25) is 0 Å². The van der Waals surface area contributed by atoms with E-state index in [2.05, 4.69) is 52.7 Å². The van der Waals surface area contributed by atoms with E-state index >= 15 is 0 Å². The highest BCUT2D eigenvalue weighted by Crippen LogP contribution is 2.29. The molecule has 0 bridgehead atoms. The molecule has 2 aromatic carbocycles. The quantitative estimate of drug-likeness (QED) is 0.427. The first-order valence-electron chi connectivity index (χ1n) is 6.59. The minimum Gasteiger partial charge on any atom is -0.210 e. The van der Waals surface area contributed by atoms with Gasteiger partial charge in [-0.05, 0) is 29.7 Å². The summed E-state index contributed by atoms with van der Waals surface area (Å²) in [6, 6.07) is 16.8. The van der Waals surface area contributed by atoms with Crippen LogP contribution >= 0.6 is 0 Å². The maximum Gasteiger partial charge on any atom is 0.209 e. The zero-order valence-electron chi connectivity index (χ0n) is 10.6. The summed E-state index contributed by atoms with van der Waals surface area (Å²) in [5.74, 6) is 0. The maximum atomic E-state index is 4.47. The highest BCUT2D eigenvalue weighted by atomic mass is 15.4. The van der Waals surface area contributed by atoms with Crippen molar-refractivity contribution in [2.75, 3.05) is 0 Å². The Hall–Kier alpha value is -2.88. The molecule has 0 aliphatic carbocycles. The van der Waals surface area contributed by atoms with E-state index in [9.17, 15) is 0 Å². The van der Waals surface area contributed by atoms with Crippen LogP contribution in [0.5, 0.6) is 0 Å². The number of aromatic amines is 1. The van der Waals surface area contributed by atoms with Gasteiger partial charge in [-0.1, -0.05) is 29.5 Å². The Morgan fingerprint density at radius 3 is 3.00 bits per heavy atom. The molecule has 3 heterocycles. The van der Waals surface area contributed by atoms with Crippen LogP contribution in [-0.2, 0) is 0 Å². The molecule has 3 aromatic heterocycles. The Bertz CT molecular complexity index is 1100. The molecule has 0 fully saturated rings. The highest BCUT2D eigenvalue weighted by Gasteiger charge is 2.15. The summed E-state index contributed by atoms with van der Waals surface area (Å²) in [6.45, 7) is 0. The molecular weight excluding hydrogens is 248 g/mol. The third kappa shape index (κ3) is 1.11. The second-order valence-electron chi connectivity index (χ2n) is 5.01. The number of hydrogen-bond acceptors (Lipinski definition) is 1. The van der Waals surface area contributed by atoms with E-state index in [4.69, 9.17) is 0 Å². The van der Waals surface area contributed by atoms with Crippen LogP contribution in [0.1, 0.15) is 0 Å². The Kier molecular flexibility index (Phi) is 1.68. The topological polar surface area (TPSA) is 37.2 Å². The lowest BCUT2D eigenvalue weighted by atomic mass is 10.0. The van der Waals surface area contributed by atoms with Gasteiger partial charge < -0.3 is 0 Å². The molecular formula is C16H11N4+. The molecule has 5 rings (SSSR count). The number of hydrogen-bond donors (Lipinski definition) is 1. The molecule has 5 aromatic rings. The van der Waals surface area contributed by atoms with Gasteiger partial charge in [0, 0.05) is 10.8 Å². The van der Waals surface area contributed by atoms with Gasteiger partial charge in [-0.15, -0.1) is 9.03 Å². The number of fused-ring (bicyclic) bond motifs is 2. The van der Waals surface area contributed by atoms with Gasteiger partial charge in [0.25, 0.3) is 0 Å².